The number of rotatable bonds is 31. The highest BCUT2D eigenvalue weighted by Gasteiger charge is 2.27. The predicted molar refractivity (Wildman–Crippen MR) is 553 cm³/mol. The first-order valence-corrected chi connectivity index (χ1v) is 47.0. The molecular formula is C105H111N29O10. The van der Waals surface area contributed by atoms with E-state index in [4.69, 9.17) is 28.8 Å². The van der Waals surface area contributed by atoms with Gasteiger partial charge in [-0.25, -0.2) is 39.9 Å². The summed E-state index contributed by atoms with van der Waals surface area (Å²) in [6.07, 6.45) is 20.3. The molecule has 0 radical (unpaired) electrons. The maximum absolute atomic E-state index is 13.0. The topological polar surface area (TPSA) is 448 Å². The minimum absolute atomic E-state index is 0.0193. The number of carbonyl (C=O) groups is 4. The Bertz CT molecular complexity index is 7300. The van der Waals surface area contributed by atoms with Crippen LogP contribution in [0.2, 0.25) is 0 Å². The van der Waals surface area contributed by atoms with Crippen molar-refractivity contribution in [3.05, 3.63) is 284 Å². The second-order valence-corrected chi connectivity index (χ2v) is 34.5. The largest absolute Gasteiger partial charge is 0.497 e. The summed E-state index contributed by atoms with van der Waals surface area (Å²) in [4.78, 5) is 136. The predicted octanol–water partition coefficient (Wildman–Crippen LogP) is 13.4. The van der Waals surface area contributed by atoms with E-state index in [9.17, 15) is 19.2 Å². The summed E-state index contributed by atoms with van der Waals surface area (Å²) in [5, 5.41) is 28.5. The van der Waals surface area contributed by atoms with Crippen LogP contribution in [0.15, 0.2) is 256 Å². The van der Waals surface area contributed by atoms with Crippen LogP contribution in [0.1, 0.15) is 47.5 Å². The number of anilines is 8. The number of hydrogen-bond donors (Lipinski definition) is 10. The van der Waals surface area contributed by atoms with Gasteiger partial charge in [-0.1, -0.05) is 12.1 Å². The molecule has 39 nitrogen and oxygen atoms in total. The lowest BCUT2D eigenvalue weighted by Crippen LogP contribution is -2.47. The third kappa shape index (κ3) is 26.5. The van der Waals surface area contributed by atoms with Crippen LogP contribution in [0, 0.1) is 0 Å². The van der Waals surface area contributed by atoms with Crippen molar-refractivity contribution in [1.82, 2.24) is 124 Å². The summed E-state index contributed by atoms with van der Waals surface area (Å²) in [6.45, 7) is 12.8. The summed E-state index contributed by atoms with van der Waals surface area (Å²) >= 11 is 0. The van der Waals surface area contributed by atoms with Gasteiger partial charge in [-0.3, -0.25) is 44.1 Å². The summed E-state index contributed by atoms with van der Waals surface area (Å²) in [5.74, 6) is 4.49. The Kier molecular flexibility index (Phi) is 32.6. The van der Waals surface area contributed by atoms with Gasteiger partial charge in [0.15, 0.2) is 0 Å². The molecule has 0 unspecified atom stereocenters. The SMILES string of the molecule is CN1CCN(C(=O)c2cc3cc(Nc4nccc(-c5cc(OC/C=C/CO)ccn5)n4)ccc3[nH]2)CC1.CN1CCN(C(=O)c2cc3cc(Nc4nccc(-c5cc(OCc6cccnc6)ccn5)n4)ccc3[nH]2)CC1.COCCOc1ccnc(-c2ccnc(Nc3ccc4[nH]c(C(=O)N5CCN(C)CC5)cc4c3)n2)c1.COc1ccnc(-c2ccnc(Nc3ccc4[nH]c(C(=O)NCCN(C)C)cc4c3)n2)c1. The van der Waals surface area contributed by atoms with Crippen LogP contribution >= 0.6 is 0 Å². The van der Waals surface area contributed by atoms with Gasteiger partial charge in [0.05, 0.1) is 65.9 Å². The molecular weight excluding hydrogens is 1830 g/mol. The maximum Gasteiger partial charge on any atom is 0.270 e. The average Bonchev–Trinajstić information content (AvgIpc) is 1.65. The van der Waals surface area contributed by atoms with Crippen molar-refractivity contribution in [3.8, 4) is 68.5 Å². The molecule has 3 fully saturated rings. The number of fused-ring (bicyclic) bond motifs is 4. The number of hydrogen-bond acceptors (Lipinski definition) is 31. The molecule has 3 aliphatic heterocycles. The molecule has 3 saturated heterocycles. The second kappa shape index (κ2) is 47.7. The van der Waals surface area contributed by atoms with E-state index in [1.165, 1.54) is 0 Å². The van der Waals surface area contributed by atoms with E-state index in [0.29, 0.717) is 148 Å². The molecule has 39 heteroatoms. The number of amides is 4. The molecule has 10 N–H and O–H groups in total. The van der Waals surface area contributed by atoms with Gasteiger partial charge < -0.3 is 110 Å². The van der Waals surface area contributed by atoms with Gasteiger partial charge >= 0.3 is 0 Å². The van der Waals surface area contributed by atoms with Crippen LogP contribution in [-0.4, -0.2) is 315 Å². The molecule has 0 saturated carbocycles. The Hall–Kier alpha value is -17.1. The number of piperazine rings is 3. The van der Waals surface area contributed by atoms with Crippen LogP contribution < -0.4 is 45.5 Å². The number of nitrogens with one attached hydrogen (secondary N) is 9. The Labute approximate surface area is 830 Å². The molecule has 13 aromatic heterocycles. The number of H-pyrrole nitrogens is 4. The number of aliphatic hydroxyl groups is 1. The lowest BCUT2D eigenvalue weighted by molar-refractivity contribution is 0.0652. The highest BCUT2D eigenvalue weighted by molar-refractivity contribution is 6.02. The summed E-state index contributed by atoms with van der Waals surface area (Å²) in [5.41, 5.74) is 15.5. The average molecular weight is 1940 g/mol. The normalized spacial score (nSPS) is 13.5. The third-order valence-corrected chi connectivity index (χ3v) is 23.8. The van der Waals surface area contributed by atoms with Crippen LogP contribution in [0.25, 0.3) is 89.2 Å². The smallest absolute Gasteiger partial charge is 0.270 e. The van der Waals surface area contributed by atoms with E-state index in [1.54, 1.807) is 125 Å². The summed E-state index contributed by atoms with van der Waals surface area (Å²) < 4.78 is 27.6. The van der Waals surface area contributed by atoms with Crippen molar-refractivity contribution in [2.24, 2.45) is 0 Å². The Morgan fingerprint density at radius 1 is 0.382 bits per heavy atom. The van der Waals surface area contributed by atoms with Gasteiger partial charge in [-0.2, -0.15) is 0 Å². The van der Waals surface area contributed by atoms with E-state index in [2.05, 4.69) is 147 Å². The minimum atomic E-state index is -0.126. The molecule has 20 rings (SSSR count). The number of aliphatic hydroxyl groups excluding tert-OH is 1. The number of nitrogens with zero attached hydrogens (tertiary/aromatic N) is 20. The van der Waals surface area contributed by atoms with Gasteiger partial charge in [0.2, 0.25) is 23.8 Å². The van der Waals surface area contributed by atoms with Crippen molar-refractivity contribution in [2.75, 3.05) is 189 Å². The highest BCUT2D eigenvalue weighted by atomic mass is 16.5. The number of methoxy groups -OCH3 is 2. The molecule has 4 aromatic carbocycles. The monoisotopic (exact) mass is 1940 g/mol. The molecule has 0 spiro atoms. The fraction of sp³-hybridized carbons (Fsp3) is 0.248. The Morgan fingerprint density at radius 2 is 0.736 bits per heavy atom. The first-order chi connectivity index (χ1) is 70.3. The number of ether oxygens (including phenoxy) is 5. The zero-order valence-corrected chi connectivity index (χ0v) is 80.7. The van der Waals surface area contributed by atoms with Gasteiger partial charge in [-0.05, 0) is 193 Å². The maximum atomic E-state index is 13.0. The Morgan fingerprint density at radius 3 is 1.10 bits per heavy atom. The number of benzene rings is 4. The van der Waals surface area contributed by atoms with E-state index in [1.807, 2.05) is 179 Å². The zero-order chi connectivity index (χ0) is 99.6. The summed E-state index contributed by atoms with van der Waals surface area (Å²) in [6, 6.07) is 56.4. The third-order valence-electron chi connectivity index (χ3n) is 23.8. The number of likely N-dealkylation sites (N-methyl/N-ethyl adjacent to an activating group) is 4. The van der Waals surface area contributed by atoms with E-state index in [0.717, 1.165) is 157 Å². The molecule has 0 aliphatic carbocycles. The minimum Gasteiger partial charge on any atom is -0.497 e. The lowest BCUT2D eigenvalue weighted by Gasteiger charge is -2.32. The molecule has 0 bridgehead atoms. The summed E-state index contributed by atoms with van der Waals surface area (Å²) in [7, 11) is 13.4. The van der Waals surface area contributed by atoms with Crippen LogP contribution in [0.4, 0.5) is 46.5 Å². The van der Waals surface area contributed by atoms with Gasteiger partial charge in [0.1, 0.15) is 65.6 Å². The molecule has 3 aliphatic rings. The van der Waals surface area contributed by atoms with E-state index in [-0.39, 0.29) is 30.2 Å². The first-order valence-electron chi connectivity index (χ1n) is 47.0. The van der Waals surface area contributed by atoms with Crippen molar-refractivity contribution in [3.63, 3.8) is 0 Å². The van der Waals surface area contributed by atoms with Gasteiger partial charge in [0, 0.05) is 257 Å². The number of aromatic nitrogens is 17. The van der Waals surface area contributed by atoms with Crippen LogP contribution in [-0.2, 0) is 11.3 Å². The number of aromatic amines is 4. The van der Waals surface area contributed by atoms with Crippen LogP contribution in [0.5, 0.6) is 23.0 Å². The molecule has 0 atom stereocenters. The van der Waals surface area contributed by atoms with Crippen LogP contribution in [0.3, 0.4) is 0 Å². The lowest BCUT2D eigenvalue weighted by atomic mass is 10.2. The second-order valence-electron chi connectivity index (χ2n) is 34.5. The van der Waals surface area contributed by atoms with Crippen molar-refractivity contribution in [1.29, 1.82) is 0 Å². The number of carbonyl (C=O) groups excluding carboxylic acids is 4. The Balaban J connectivity index is 0.000000132. The molecule has 144 heavy (non-hydrogen) atoms. The molecule has 17 aromatic rings. The van der Waals surface area contributed by atoms with Crippen molar-refractivity contribution < 1.29 is 48.0 Å². The van der Waals surface area contributed by atoms with E-state index < -0.39 is 0 Å². The number of pyridine rings is 5. The first kappa shape index (κ1) is 98.5. The van der Waals surface area contributed by atoms with Gasteiger partial charge in [0.25, 0.3) is 23.6 Å². The molecule has 16 heterocycles. The fourth-order valence-electron chi connectivity index (χ4n) is 15.9. The van der Waals surface area contributed by atoms with E-state index >= 15 is 0 Å². The zero-order valence-electron chi connectivity index (χ0n) is 80.7. The standard InChI is InChI=1S/C29H28N8O2.C27H29N7O3.C26H29N7O3.C23H25N7O2/c1-36-11-13-37(14-12-36)28(38)27-16-21-15-22(4-5-24(21)34-27)33-29-32-10-7-25(35-29)26-17-23(6-9-31-26)39-19-20-3-2-8-30-18-20;1-33-10-12-34(13-11-33)26(36)25-17-19-16-20(4-5-22(19)31-25)30-27-29-9-7-23(32-27)24-18-21(6-8-28-24)37-15-3-2-14-35;1-32-9-11-33(12-10-32)25(34)24-16-18-15-19(3-4-21(18)30-24)29-26-28-8-6-22(31-26)23-17-20(5-7-27-23)36-14-13-35-2;1-30(2)11-10-25-22(31)21-13-15-12-16(4-5-18(15)28-21)27-23-26-9-7-19(29-23)20-14-17(32-3)6-8-24-20/h2-10,15-18,34H,11-14,19H2,1H3,(H,32,33,35);2-9,16-18,31,35H,10-15H2,1H3,(H,29,30,32);3-8,15-17,30H,9-14H2,1-2H3,(H,28,29,31);4-9,12-14,28H,10-11H2,1-3H3,(H,25,31)(H,26,27,29)/b;3-2+;;. The highest BCUT2D eigenvalue weighted by Crippen LogP contribution is 2.33. The fourth-order valence-corrected chi connectivity index (χ4v) is 15.9. The van der Waals surface area contributed by atoms with Crippen molar-refractivity contribution in [2.45, 2.75) is 6.61 Å². The quantitative estimate of drug-likeness (QED) is 0.0142. The molecule has 736 valence electrons. The van der Waals surface area contributed by atoms with Crippen molar-refractivity contribution >= 4 is 114 Å². The molecule has 4 amide bonds. The van der Waals surface area contributed by atoms with Gasteiger partial charge in [-0.15, -0.1) is 0 Å².